The molecule has 1 amide bonds. The Labute approximate surface area is 181 Å². The molecule has 0 aliphatic rings. The average Bonchev–Trinajstić information content (AvgIpc) is 2.67. The number of nitrogens with one attached hydrogen (secondary N) is 1. The first-order valence-corrected chi connectivity index (χ1v) is 9.90. The molecule has 0 heterocycles. The van der Waals surface area contributed by atoms with E-state index in [4.69, 9.17) is 32.7 Å². The summed E-state index contributed by atoms with van der Waals surface area (Å²) in [5.74, 6) is 0.775. The van der Waals surface area contributed by atoms with Crippen molar-refractivity contribution in [3.8, 4) is 11.5 Å². The van der Waals surface area contributed by atoms with Crippen LogP contribution >= 0.6 is 39.1 Å². The normalized spacial score (nSPS) is 10.4. The van der Waals surface area contributed by atoms with Crippen molar-refractivity contribution in [3.63, 3.8) is 0 Å². The van der Waals surface area contributed by atoms with Gasteiger partial charge >= 0.3 is 0 Å². The van der Waals surface area contributed by atoms with Crippen LogP contribution in [0.25, 0.3) is 0 Å². The summed E-state index contributed by atoms with van der Waals surface area (Å²) in [6.45, 7) is 0.295. The summed E-state index contributed by atoms with van der Waals surface area (Å²) in [5, 5.41) is 3.56. The highest BCUT2D eigenvalue weighted by atomic mass is 79.9. The minimum absolute atomic E-state index is 0.188. The van der Waals surface area contributed by atoms with E-state index in [9.17, 15) is 4.79 Å². The molecule has 0 aromatic heterocycles. The lowest BCUT2D eigenvalue weighted by atomic mass is 10.2. The van der Waals surface area contributed by atoms with Gasteiger partial charge in [0.1, 0.15) is 12.4 Å². The minimum Gasteiger partial charge on any atom is -0.489 e. The Balaban J connectivity index is 1.50. The Kier molecular flexibility index (Phi) is 7.20. The number of amides is 1. The van der Waals surface area contributed by atoms with Crippen LogP contribution in [0.1, 0.15) is 5.56 Å². The number of anilines is 1. The maximum atomic E-state index is 12.1. The van der Waals surface area contributed by atoms with Crippen LogP contribution in [0.4, 0.5) is 5.69 Å². The van der Waals surface area contributed by atoms with Gasteiger partial charge in [-0.05, 0) is 57.9 Å². The van der Waals surface area contributed by atoms with Crippen molar-refractivity contribution in [3.05, 3.63) is 86.8 Å². The number of benzene rings is 3. The molecule has 0 saturated heterocycles. The first-order chi connectivity index (χ1) is 13.5. The van der Waals surface area contributed by atoms with Crippen LogP contribution in [-0.2, 0) is 11.4 Å². The van der Waals surface area contributed by atoms with Crippen LogP contribution < -0.4 is 14.8 Å². The monoisotopic (exact) mass is 479 g/mol. The van der Waals surface area contributed by atoms with Gasteiger partial charge < -0.3 is 14.8 Å². The molecule has 7 heteroatoms. The Hall–Kier alpha value is -2.21. The molecule has 4 nitrogen and oxygen atoms in total. The number of hydrogen-bond donors (Lipinski definition) is 1. The molecule has 0 bridgehead atoms. The number of rotatable bonds is 7. The van der Waals surface area contributed by atoms with Crippen molar-refractivity contribution < 1.29 is 14.3 Å². The molecule has 0 spiro atoms. The molecule has 28 heavy (non-hydrogen) atoms. The quantitative estimate of drug-likeness (QED) is 0.428. The Morgan fingerprint density at radius 1 is 0.964 bits per heavy atom. The molecule has 0 atom stereocenters. The van der Waals surface area contributed by atoms with Gasteiger partial charge in [-0.3, -0.25) is 4.79 Å². The SMILES string of the molecule is O=C(COc1c(Cl)cc(Cl)cc1Br)Nc1ccc(OCc2ccccc2)cc1. The predicted molar refractivity (Wildman–Crippen MR) is 116 cm³/mol. The molecule has 0 unspecified atom stereocenters. The van der Waals surface area contributed by atoms with Crippen LogP contribution in [-0.4, -0.2) is 12.5 Å². The van der Waals surface area contributed by atoms with Gasteiger partial charge in [0.2, 0.25) is 0 Å². The molecule has 3 aromatic rings. The second-order valence-electron chi connectivity index (χ2n) is 5.83. The number of ether oxygens (including phenoxy) is 2. The van der Waals surface area contributed by atoms with Gasteiger partial charge in [0.05, 0.1) is 9.50 Å². The van der Waals surface area contributed by atoms with E-state index in [2.05, 4.69) is 21.2 Å². The molecule has 3 rings (SSSR count). The molecule has 0 aliphatic carbocycles. The number of halogens is 3. The Morgan fingerprint density at radius 2 is 1.68 bits per heavy atom. The van der Waals surface area contributed by atoms with E-state index in [-0.39, 0.29) is 12.5 Å². The first kappa shape index (κ1) is 20.5. The van der Waals surface area contributed by atoms with Crippen molar-refractivity contribution in [2.45, 2.75) is 6.61 Å². The fourth-order valence-electron chi connectivity index (χ4n) is 2.38. The molecule has 1 N–H and O–H groups in total. The summed E-state index contributed by atoms with van der Waals surface area (Å²) in [4.78, 5) is 12.1. The molecule has 3 aromatic carbocycles. The van der Waals surface area contributed by atoms with Gasteiger partial charge in [0, 0.05) is 10.7 Å². The third-order valence-corrected chi connectivity index (χ3v) is 4.79. The van der Waals surface area contributed by atoms with Gasteiger partial charge in [-0.25, -0.2) is 0 Å². The van der Waals surface area contributed by atoms with Gasteiger partial charge in [-0.15, -0.1) is 0 Å². The van der Waals surface area contributed by atoms with Crippen molar-refractivity contribution >= 4 is 50.7 Å². The first-order valence-electron chi connectivity index (χ1n) is 8.35. The Morgan fingerprint density at radius 3 is 2.36 bits per heavy atom. The summed E-state index contributed by atoms with van der Waals surface area (Å²) >= 11 is 15.3. The fraction of sp³-hybridized carbons (Fsp3) is 0.0952. The lowest BCUT2D eigenvalue weighted by Gasteiger charge is -2.11. The van der Waals surface area contributed by atoms with E-state index in [0.717, 1.165) is 11.3 Å². The smallest absolute Gasteiger partial charge is 0.262 e. The molecular formula is C21H16BrCl2NO3. The summed E-state index contributed by atoms with van der Waals surface area (Å²) in [7, 11) is 0. The van der Waals surface area contributed by atoms with E-state index in [1.165, 1.54) is 0 Å². The molecule has 0 radical (unpaired) electrons. The summed E-state index contributed by atoms with van der Waals surface area (Å²) in [6, 6.07) is 20.2. The van der Waals surface area contributed by atoms with Crippen LogP contribution in [0, 0.1) is 0 Å². The molecular weight excluding hydrogens is 465 g/mol. The third kappa shape index (κ3) is 5.89. The average molecular weight is 481 g/mol. The van der Waals surface area contributed by atoms with Crippen LogP contribution in [0.2, 0.25) is 10.0 Å². The maximum absolute atomic E-state index is 12.1. The number of carbonyl (C=O) groups excluding carboxylic acids is 1. The minimum atomic E-state index is -0.309. The zero-order valence-corrected chi connectivity index (χ0v) is 17.7. The van der Waals surface area contributed by atoms with Crippen molar-refractivity contribution in [2.24, 2.45) is 0 Å². The second kappa shape index (κ2) is 9.82. The number of hydrogen-bond acceptors (Lipinski definition) is 3. The molecule has 144 valence electrons. The summed E-state index contributed by atoms with van der Waals surface area (Å²) < 4.78 is 11.8. The zero-order valence-electron chi connectivity index (χ0n) is 14.6. The van der Waals surface area contributed by atoms with Crippen LogP contribution in [0.15, 0.2) is 71.2 Å². The van der Waals surface area contributed by atoms with Gasteiger partial charge in [-0.1, -0.05) is 53.5 Å². The van der Waals surface area contributed by atoms with Gasteiger partial charge in [-0.2, -0.15) is 0 Å². The van der Waals surface area contributed by atoms with Crippen molar-refractivity contribution in [1.29, 1.82) is 0 Å². The topological polar surface area (TPSA) is 47.6 Å². The van der Waals surface area contributed by atoms with Gasteiger partial charge in [0.15, 0.2) is 12.4 Å². The zero-order chi connectivity index (χ0) is 19.9. The lowest BCUT2D eigenvalue weighted by molar-refractivity contribution is -0.118. The second-order valence-corrected chi connectivity index (χ2v) is 7.53. The third-order valence-electron chi connectivity index (χ3n) is 3.70. The molecule has 0 fully saturated rings. The highest BCUT2D eigenvalue weighted by Gasteiger charge is 2.11. The van der Waals surface area contributed by atoms with Crippen molar-refractivity contribution in [2.75, 3.05) is 11.9 Å². The standard InChI is InChI=1S/C21H16BrCl2NO3/c22-18-10-15(23)11-19(24)21(18)28-13-20(26)25-16-6-8-17(9-7-16)27-12-14-4-2-1-3-5-14/h1-11H,12-13H2,(H,25,26). The largest absolute Gasteiger partial charge is 0.489 e. The van der Waals surface area contributed by atoms with E-state index in [1.807, 2.05) is 30.3 Å². The van der Waals surface area contributed by atoms with E-state index in [0.29, 0.717) is 32.6 Å². The van der Waals surface area contributed by atoms with E-state index in [1.54, 1.807) is 36.4 Å². The maximum Gasteiger partial charge on any atom is 0.262 e. The van der Waals surface area contributed by atoms with Crippen LogP contribution in [0.5, 0.6) is 11.5 Å². The highest BCUT2D eigenvalue weighted by molar-refractivity contribution is 9.10. The lowest BCUT2D eigenvalue weighted by Crippen LogP contribution is -2.20. The molecule has 0 saturated carbocycles. The van der Waals surface area contributed by atoms with E-state index < -0.39 is 0 Å². The van der Waals surface area contributed by atoms with Gasteiger partial charge in [0.25, 0.3) is 5.91 Å². The number of carbonyl (C=O) groups is 1. The fourth-order valence-corrected chi connectivity index (χ4v) is 3.75. The van der Waals surface area contributed by atoms with E-state index >= 15 is 0 Å². The summed E-state index contributed by atoms with van der Waals surface area (Å²) in [5.41, 5.74) is 1.73. The predicted octanol–water partition coefficient (Wildman–Crippen LogP) is 6.35. The Bertz CT molecular complexity index is 927. The van der Waals surface area contributed by atoms with Crippen LogP contribution in [0.3, 0.4) is 0 Å². The molecule has 0 aliphatic heterocycles. The van der Waals surface area contributed by atoms with Crippen molar-refractivity contribution in [1.82, 2.24) is 0 Å². The highest BCUT2D eigenvalue weighted by Crippen LogP contribution is 2.36. The summed E-state index contributed by atoms with van der Waals surface area (Å²) in [6.07, 6.45) is 0.